The molecule has 2 aromatic carbocycles. The maximum Gasteiger partial charge on any atom is 0.119 e. The average molecular weight is 311 g/mol. The molecule has 0 aliphatic rings. The summed E-state index contributed by atoms with van der Waals surface area (Å²) in [6, 6.07) is 16.7. The van der Waals surface area contributed by atoms with Crippen molar-refractivity contribution in [1.82, 2.24) is 0 Å². The first kappa shape index (κ1) is 19.0. The molecule has 0 saturated heterocycles. The molecule has 0 aliphatic carbocycles. The van der Waals surface area contributed by atoms with Crippen LogP contribution in [0.25, 0.3) is 11.1 Å². The van der Waals surface area contributed by atoms with Crippen LogP contribution in [0, 0.1) is 5.41 Å². The van der Waals surface area contributed by atoms with Gasteiger partial charge in [0.2, 0.25) is 0 Å². The second-order valence-electron chi connectivity index (χ2n) is 5.41. The van der Waals surface area contributed by atoms with Gasteiger partial charge in [-0.3, -0.25) is 0 Å². The molecule has 0 aliphatic heterocycles. The number of methoxy groups -OCH3 is 1. The third-order valence-electron chi connectivity index (χ3n) is 3.83. The van der Waals surface area contributed by atoms with E-state index < -0.39 is 0 Å². The Morgan fingerprint density at radius 1 is 1.09 bits per heavy atom. The first-order valence-electron chi connectivity index (χ1n) is 8.43. The van der Waals surface area contributed by atoms with Gasteiger partial charge in [-0.15, -0.1) is 0 Å². The Kier molecular flexibility index (Phi) is 8.10. The summed E-state index contributed by atoms with van der Waals surface area (Å²) in [6.45, 7) is 8.06. The van der Waals surface area contributed by atoms with E-state index in [4.69, 9.17) is 10.1 Å². The standard InChI is InChI=1S/C19H23NO.C2H6/c1-4-15(12-14(2)20)19-13-17(21-3)10-11-18(19)16-8-6-5-7-9-16;1-2/h5-11,13,15,20H,4,12H2,1-3H3;1-2H3. The lowest BCUT2D eigenvalue weighted by Crippen LogP contribution is -2.05. The summed E-state index contributed by atoms with van der Waals surface area (Å²) >= 11 is 0. The molecule has 1 unspecified atom stereocenters. The molecule has 0 saturated carbocycles. The zero-order valence-electron chi connectivity index (χ0n) is 15.0. The monoisotopic (exact) mass is 311 g/mol. The highest BCUT2D eigenvalue weighted by Crippen LogP contribution is 2.35. The Morgan fingerprint density at radius 3 is 2.26 bits per heavy atom. The van der Waals surface area contributed by atoms with Gasteiger partial charge in [-0.1, -0.05) is 57.2 Å². The molecule has 0 amide bonds. The second kappa shape index (κ2) is 9.83. The summed E-state index contributed by atoms with van der Waals surface area (Å²) in [6.07, 6.45) is 1.81. The van der Waals surface area contributed by atoms with Crippen molar-refractivity contribution in [2.24, 2.45) is 0 Å². The SMILES string of the molecule is CC.CCC(CC(C)=N)c1cc(OC)ccc1-c1ccccc1. The maximum atomic E-state index is 7.82. The molecule has 1 atom stereocenters. The minimum atomic E-state index is 0.354. The van der Waals surface area contributed by atoms with Gasteiger partial charge < -0.3 is 10.1 Å². The van der Waals surface area contributed by atoms with E-state index in [1.54, 1.807) is 7.11 Å². The minimum absolute atomic E-state index is 0.354. The number of hydrogen-bond donors (Lipinski definition) is 1. The van der Waals surface area contributed by atoms with Crippen LogP contribution in [0.4, 0.5) is 0 Å². The highest BCUT2D eigenvalue weighted by molar-refractivity contribution is 5.80. The predicted octanol–water partition coefficient (Wildman–Crippen LogP) is 6.31. The van der Waals surface area contributed by atoms with E-state index in [9.17, 15) is 0 Å². The number of benzene rings is 2. The van der Waals surface area contributed by atoms with Gasteiger partial charge in [0.15, 0.2) is 0 Å². The molecule has 2 heteroatoms. The van der Waals surface area contributed by atoms with E-state index in [2.05, 4.69) is 43.3 Å². The molecule has 0 bridgehead atoms. The van der Waals surface area contributed by atoms with Crippen LogP contribution in [-0.4, -0.2) is 12.8 Å². The third-order valence-corrected chi connectivity index (χ3v) is 3.83. The van der Waals surface area contributed by atoms with Crippen molar-refractivity contribution < 1.29 is 4.74 Å². The summed E-state index contributed by atoms with van der Waals surface area (Å²) in [5.74, 6) is 1.23. The van der Waals surface area contributed by atoms with Crippen molar-refractivity contribution in [3.8, 4) is 16.9 Å². The summed E-state index contributed by atoms with van der Waals surface area (Å²) in [4.78, 5) is 0. The molecule has 1 N–H and O–H groups in total. The first-order valence-corrected chi connectivity index (χ1v) is 8.43. The molecule has 124 valence electrons. The summed E-state index contributed by atoms with van der Waals surface area (Å²) < 4.78 is 5.39. The van der Waals surface area contributed by atoms with Crippen molar-refractivity contribution >= 4 is 5.71 Å². The normalized spacial score (nSPS) is 11.2. The molecular formula is C21H29NO. The zero-order chi connectivity index (χ0) is 17.2. The Morgan fingerprint density at radius 2 is 1.74 bits per heavy atom. The second-order valence-corrected chi connectivity index (χ2v) is 5.41. The Labute approximate surface area is 141 Å². The lowest BCUT2D eigenvalue weighted by atomic mass is 9.85. The van der Waals surface area contributed by atoms with Crippen LogP contribution in [0.3, 0.4) is 0 Å². The third kappa shape index (κ3) is 5.24. The van der Waals surface area contributed by atoms with Crippen molar-refractivity contribution in [3.05, 3.63) is 54.1 Å². The number of hydrogen-bond acceptors (Lipinski definition) is 2. The van der Waals surface area contributed by atoms with Gasteiger partial charge in [0.25, 0.3) is 0 Å². The van der Waals surface area contributed by atoms with Gasteiger partial charge in [-0.05, 0) is 54.5 Å². The summed E-state index contributed by atoms with van der Waals surface area (Å²) in [5, 5.41) is 7.82. The highest BCUT2D eigenvalue weighted by atomic mass is 16.5. The molecule has 23 heavy (non-hydrogen) atoms. The molecule has 0 fully saturated rings. The first-order chi connectivity index (χ1) is 11.2. The molecular weight excluding hydrogens is 282 g/mol. The Balaban J connectivity index is 0.00000127. The van der Waals surface area contributed by atoms with Crippen molar-refractivity contribution in [3.63, 3.8) is 0 Å². The number of ether oxygens (including phenoxy) is 1. The fourth-order valence-corrected chi connectivity index (χ4v) is 2.73. The van der Waals surface area contributed by atoms with Crippen LogP contribution in [0.5, 0.6) is 5.75 Å². The maximum absolute atomic E-state index is 7.82. The number of rotatable bonds is 6. The van der Waals surface area contributed by atoms with Gasteiger partial charge in [0.1, 0.15) is 5.75 Å². The fraction of sp³-hybridized carbons (Fsp3) is 0.381. The van der Waals surface area contributed by atoms with Gasteiger partial charge in [0.05, 0.1) is 7.11 Å². The van der Waals surface area contributed by atoms with Crippen molar-refractivity contribution in [2.75, 3.05) is 7.11 Å². The van der Waals surface area contributed by atoms with Gasteiger partial charge in [0, 0.05) is 5.71 Å². The van der Waals surface area contributed by atoms with E-state index in [1.165, 1.54) is 16.7 Å². The van der Waals surface area contributed by atoms with E-state index in [0.717, 1.165) is 24.3 Å². The molecule has 0 spiro atoms. The summed E-state index contributed by atoms with van der Waals surface area (Å²) in [7, 11) is 1.70. The van der Waals surface area contributed by atoms with Gasteiger partial charge >= 0.3 is 0 Å². The largest absolute Gasteiger partial charge is 0.497 e. The summed E-state index contributed by atoms with van der Waals surface area (Å²) in [5.41, 5.74) is 4.46. The van der Waals surface area contributed by atoms with Crippen LogP contribution in [-0.2, 0) is 0 Å². The topological polar surface area (TPSA) is 33.1 Å². The van der Waals surface area contributed by atoms with Crippen molar-refractivity contribution in [2.45, 2.75) is 46.5 Å². The van der Waals surface area contributed by atoms with E-state index in [0.29, 0.717) is 5.92 Å². The molecule has 0 radical (unpaired) electrons. The van der Waals surface area contributed by atoms with Crippen LogP contribution < -0.4 is 4.74 Å². The molecule has 2 rings (SSSR count). The molecule has 0 heterocycles. The van der Waals surface area contributed by atoms with Crippen molar-refractivity contribution in [1.29, 1.82) is 5.41 Å². The highest BCUT2D eigenvalue weighted by Gasteiger charge is 2.16. The lowest BCUT2D eigenvalue weighted by molar-refractivity contribution is 0.414. The zero-order valence-corrected chi connectivity index (χ0v) is 15.0. The number of nitrogens with one attached hydrogen (secondary N) is 1. The molecule has 2 nitrogen and oxygen atoms in total. The van der Waals surface area contributed by atoms with Crippen LogP contribution >= 0.6 is 0 Å². The minimum Gasteiger partial charge on any atom is -0.497 e. The Hall–Kier alpha value is -2.09. The van der Waals surface area contributed by atoms with Crippen LogP contribution in [0.15, 0.2) is 48.5 Å². The predicted molar refractivity (Wildman–Crippen MR) is 101 cm³/mol. The molecule has 2 aromatic rings. The van der Waals surface area contributed by atoms with Crippen LogP contribution in [0.2, 0.25) is 0 Å². The van der Waals surface area contributed by atoms with Gasteiger partial charge in [-0.2, -0.15) is 0 Å². The Bertz CT molecular complexity index is 604. The smallest absolute Gasteiger partial charge is 0.119 e. The lowest BCUT2D eigenvalue weighted by Gasteiger charge is -2.20. The van der Waals surface area contributed by atoms with E-state index in [-0.39, 0.29) is 0 Å². The van der Waals surface area contributed by atoms with Gasteiger partial charge in [-0.25, -0.2) is 0 Å². The quantitative estimate of drug-likeness (QED) is 0.623. The fourth-order valence-electron chi connectivity index (χ4n) is 2.73. The van der Waals surface area contributed by atoms with E-state index >= 15 is 0 Å². The molecule has 0 aromatic heterocycles. The van der Waals surface area contributed by atoms with Crippen LogP contribution in [0.1, 0.15) is 52.0 Å². The average Bonchev–Trinajstić information content (AvgIpc) is 2.61. The van der Waals surface area contributed by atoms with E-state index in [1.807, 2.05) is 32.9 Å².